The third-order valence-electron chi connectivity index (χ3n) is 5.79. The summed E-state index contributed by atoms with van der Waals surface area (Å²) >= 11 is 6.18. The molecule has 2 N–H and O–H groups in total. The number of aromatic carboxylic acids is 1. The first-order valence-corrected chi connectivity index (χ1v) is 11.0. The molecular formula is C24H27ClN4O2. The number of hydrogen-bond acceptors (Lipinski definition) is 5. The van der Waals surface area contributed by atoms with Gasteiger partial charge in [0.2, 0.25) is 0 Å². The van der Waals surface area contributed by atoms with Crippen LogP contribution in [0.15, 0.2) is 48.5 Å². The number of nitrogens with one attached hydrogen (secondary N) is 1. The number of piperazine rings is 1. The summed E-state index contributed by atoms with van der Waals surface area (Å²) in [6.07, 6.45) is 0.965. The highest BCUT2D eigenvalue weighted by Gasteiger charge is 2.18. The van der Waals surface area contributed by atoms with E-state index in [1.807, 2.05) is 24.3 Å². The lowest BCUT2D eigenvalue weighted by molar-refractivity contribution is 0.0699. The van der Waals surface area contributed by atoms with Crippen LogP contribution in [0.2, 0.25) is 5.02 Å². The molecule has 0 amide bonds. The van der Waals surface area contributed by atoms with E-state index < -0.39 is 5.97 Å². The molecular weight excluding hydrogens is 412 g/mol. The number of nitrogens with zero attached hydrogens (tertiary/aromatic N) is 3. The fourth-order valence-electron chi connectivity index (χ4n) is 4.10. The Labute approximate surface area is 187 Å². The molecule has 1 aromatic heterocycles. The standard InChI is InChI=1S/C24H27ClN4O2/c1-17-7-8-18(25)15-22(17)29-13-11-28(12-14-29)10-4-9-26-23-16-20(24(30)31)19-5-2-3-6-21(19)27-23/h2-3,5-8,15-16H,4,9-14H2,1H3,(H,26,27)(H,30,31). The van der Waals surface area contributed by atoms with E-state index >= 15 is 0 Å². The predicted octanol–water partition coefficient (Wildman–Crippen LogP) is 4.52. The van der Waals surface area contributed by atoms with E-state index in [4.69, 9.17) is 11.6 Å². The number of anilines is 2. The molecule has 4 rings (SSSR count). The summed E-state index contributed by atoms with van der Waals surface area (Å²) in [7, 11) is 0. The number of carboxylic acids is 1. The highest BCUT2D eigenvalue weighted by molar-refractivity contribution is 6.30. The van der Waals surface area contributed by atoms with Crippen molar-refractivity contribution in [3.63, 3.8) is 0 Å². The van der Waals surface area contributed by atoms with Gasteiger partial charge in [-0.2, -0.15) is 0 Å². The number of aryl methyl sites for hydroxylation is 1. The van der Waals surface area contributed by atoms with Crippen molar-refractivity contribution in [1.82, 2.24) is 9.88 Å². The zero-order valence-electron chi connectivity index (χ0n) is 17.6. The number of carbonyl (C=O) groups is 1. The van der Waals surface area contributed by atoms with Gasteiger partial charge >= 0.3 is 5.97 Å². The van der Waals surface area contributed by atoms with Crippen LogP contribution in [0.25, 0.3) is 10.9 Å². The van der Waals surface area contributed by atoms with Gasteiger partial charge in [-0.3, -0.25) is 4.90 Å². The number of para-hydroxylation sites is 1. The number of halogens is 1. The van der Waals surface area contributed by atoms with Crippen molar-refractivity contribution in [3.8, 4) is 0 Å². The van der Waals surface area contributed by atoms with E-state index in [2.05, 4.69) is 39.2 Å². The van der Waals surface area contributed by atoms with Crippen LogP contribution in [0.5, 0.6) is 0 Å². The zero-order valence-corrected chi connectivity index (χ0v) is 18.4. The van der Waals surface area contributed by atoms with Gasteiger partial charge in [-0.05, 0) is 49.7 Å². The number of carboxylic acid groups (broad SMARTS) is 1. The highest BCUT2D eigenvalue weighted by atomic mass is 35.5. The molecule has 0 atom stereocenters. The molecule has 7 heteroatoms. The first kappa shape index (κ1) is 21.4. The normalized spacial score (nSPS) is 14.7. The summed E-state index contributed by atoms with van der Waals surface area (Å²) in [5.41, 5.74) is 3.45. The van der Waals surface area contributed by atoms with Gasteiger partial charge in [0.25, 0.3) is 0 Å². The van der Waals surface area contributed by atoms with E-state index in [1.54, 1.807) is 12.1 Å². The lowest BCUT2D eigenvalue weighted by atomic mass is 10.1. The van der Waals surface area contributed by atoms with E-state index in [1.165, 1.54) is 11.3 Å². The topological polar surface area (TPSA) is 68.7 Å². The third kappa shape index (κ3) is 5.09. The van der Waals surface area contributed by atoms with Crippen molar-refractivity contribution in [1.29, 1.82) is 0 Å². The Morgan fingerprint density at radius 1 is 1.13 bits per heavy atom. The molecule has 0 radical (unpaired) electrons. The quantitative estimate of drug-likeness (QED) is 0.528. The second-order valence-corrected chi connectivity index (χ2v) is 8.35. The van der Waals surface area contributed by atoms with Crippen molar-refractivity contribution in [2.24, 2.45) is 0 Å². The van der Waals surface area contributed by atoms with Gasteiger partial charge in [0, 0.05) is 48.8 Å². The maximum atomic E-state index is 11.6. The lowest BCUT2D eigenvalue weighted by Crippen LogP contribution is -2.47. The maximum absolute atomic E-state index is 11.6. The van der Waals surface area contributed by atoms with Gasteiger partial charge in [0.1, 0.15) is 5.82 Å². The average Bonchev–Trinajstić information content (AvgIpc) is 2.78. The molecule has 0 saturated carbocycles. The van der Waals surface area contributed by atoms with Crippen LogP contribution < -0.4 is 10.2 Å². The summed E-state index contributed by atoms with van der Waals surface area (Å²) in [6.45, 7) is 7.88. The maximum Gasteiger partial charge on any atom is 0.336 e. The number of rotatable bonds is 7. The molecule has 31 heavy (non-hydrogen) atoms. The molecule has 2 heterocycles. The monoisotopic (exact) mass is 438 g/mol. The second-order valence-electron chi connectivity index (χ2n) is 7.92. The molecule has 162 valence electrons. The minimum absolute atomic E-state index is 0.278. The number of pyridine rings is 1. The first-order chi connectivity index (χ1) is 15.0. The van der Waals surface area contributed by atoms with Gasteiger partial charge in [-0.15, -0.1) is 0 Å². The molecule has 2 aromatic carbocycles. The van der Waals surface area contributed by atoms with E-state index in [0.29, 0.717) is 16.7 Å². The SMILES string of the molecule is Cc1ccc(Cl)cc1N1CCN(CCCNc2cc(C(=O)O)c3ccccc3n2)CC1. The largest absolute Gasteiger partial charge is 0.478 e. The van der Waals surface area contributed by atoms with Crippen LogP contribution in [-0.4, -0.2) is 60.2 Å². The van der Waals surface area contributed by atoms with Gasteiger partial charge in [-0.1, -0.05) is 35.9 Å². The Morgan fingerprint density at radius 2 is 1.90 bits per heavy atom. The molecule has 6 nitrogen and oxygen atoms in total. The van der Waals surface area contributed by atoms with E-state index in [-0.39, 0.29) is 5.56 Å². The Morgan fingerprint density at radius 3 is 2.68 bits per heavy atom. The molecule has 1 fully saturated rings. The smallest absolute Gasteiger partial charge is 0.336 e. The van der Waals surface area contributed by atoms with Gasteiger partial charge in [0.05, 0.1) is 11.1 Å². The van der Waals surface area contributed by atoms with Crippen LogP contribution in [-0.2, 0) is 0 Å². The van der Waals surface area contributed by atoms with Crippen LogP contribution in [0.3, 0.4) is 0 Å². The van der Waals surface area contributed by atoms with Crippen molar-refractivity contribution in [3.05, 3.63) is 64.7 Å². The fourth-order valence-corrected chi connectivity index (χ4v) is 4.26. The highest BCUT2D eigenvalue weighted by Crippen LogP contribution is 2.25. The number of aromatic nitrogens is 1. The minimum atomic E-state index is -0.936. The van der Waals surface area contributed by atoms with Crippen molar-refractivity contribution < 1.29 is 9.90 Å². The van der Waals surface area contributed by atoms with Crippen LogP contribution in [0.1, 0.15) is 22.3 Å². The van der Waals surface area contributed by atoms with Gasteiger partial charge in [-0.25, -0.2) is 9.78 Å². The molecule has 0 spiro atoms. The second kappa shape index (κ2) is 9.54. The predicted molar refractivity (Wildman–Crippen MR) is 127 cm³/mol. The molecule has 0 aliphatic carbocycles. The summed E-state index contributed by atoms with van der Waals surface area (Å²) in [5.74, 6) is -0.327. The van der Waals surface area contributed by atoms with E-state index in [0.717, 1.165) is 50.7 Å². The zero-order chi connectivity index (χ0) is 21.8. The molecule has 1 aliphatic rings. The fraction of sp³-hybridized carbons (Fsp3) is 0.333. The third-order valence-corrected chi connectivity index (χ3v) is 6.02. The van der Waals surface area contributed by atoms with Crippen LogP contribution in [0.4, 0.5) is 11.5 Å². The molecule has 1 aliphatic heterocycles. The Bertz CT molecular complexity index is 1080. The Balaban J connectivity index is 1.27. The number of fused-ring (bicyclic) bond motifs is 1. The number of hydrogen-bond donors (Lipinski definition) is 2. The summed E-state index contributed by atoms with van der Waals surface area (Å²) in [6, 6.07) is 15.0. The van der Waals surface area contributed by atoms with E-state index in [9.17, 15) is 9.90 Å². The lowest BCUT2D eigenvalue weighted by Gasteiger charge is -2.37. The number of benzene rings is 2. The van der Waals surface area contributed by atoms with Crippen molar-refractivity contribution in [2.45, 2.75) is 13.3 Å². The minimum Gasteiger partial charge on any atom is -0.478 e. The van der Waals surface area contributed by atoms with Gasteiger partial charge in [0.15, 0.2) is 0 Å². The van der Waals surface area contributed by atoms with Gasteiger partial charge < -0.3 is 15.3 Å². The molecule has 0 bridgehead atoms. The van der Waals surface area contributed by atoms with Crippen molar-refractivity contribution >= 4 is 40.0 Å². The summed E-state index contributed by atoms with van der Waals surface area (Å²) < 4.78 is 0. The Kier molecular flexibility index (Phi) is 6.59. The average molecular weight is 439 g/mol. The summed E-state index contributed by atoms with van der Waals surface area (Å²) in [4.78, 5) is 21.0. The van der Waals surface area contributed by atoms with Crippen molar-refractivity contribution in [2.75, 3.05) is 49.5 Å². The van der Waals surface area contributed by atoms with Crippen LogP contribution >= 0.6 is 11.6 Å². The first-order valence-electron chi connectivity index (χ1n) is 10.6. The van der Waals surface area contributed by atoms with Crippen LogP contribution in [0, 0.1) is 6.92 Å². The Hall–Kier alpha value is -2.83. The molecule has 1 saturated heterocycles. The molecule has 0 unspecified atom stereocenters. The molecule has 3 aromatic rings. The summed E-state index contributed by atoms with van der Waals surface area (Å²) in [5, 5.41) is 14.2.